The Kier molecular flexibility index (Phi) is 4.86. The molecule has 0 unspecified atom stereocenters. The van der Waals surface area contributed by atoms with Gasteiger partial charge in [-0.25, -0.2) is 8.78 Å². The number of hydrogen-bond donors (Lipinski definition) is 0. The molecule has 0 aromatic heterocycles. The number of rotatable bonds is 3. The summed E-state index contributed by atoms with van der Waals surface area (Å²) in [6, 6.07) is 5.84. The van der Waals surface area contributed by atoms with Gasteiger partial charge in [0.2, 0.25) is 5.92 Å². The third-order valence-corrected chi connectivity index (χ3v) is 4.24. The summed E-state index contributed by atoms with van der Waals surface area (Å²) < 4.78 is 33.8. The zero-order chi connectivity index (χ0) is 13.2. The Morgan fingerprint density at radius 3 is 2.56 bits per heavy atom. The van der Waals surface area contributed by atoms with Crippen molar-refractivity contribution in [1.82, 2.24) is 0 Å². The van der Waals surface area contributed by atoms with E-state index in [2.05, 4.69) is 38.5 Å². The van der Waals surface area contributed by atoms with Gasteiger partial charge in [-0.05, 0) is 59.5 Å². The van der Waals surface area contributed by atoms with Crippen LogP contribution in [0, 0.1) is 9.49 Å². The minimum atomic E-state index is -2.46. The van der Waals surface area contributed by atoms with E-state index in [0.717, 1.165) is 13.8 Å². The van der Waals surface area contributed by atoms with Crippen molar-refractivity contribution in [2.45, 2.75) is 31.6 Å². The van der Waals surface area contributed by atoms with Crippen LogP contribution in [0.25, 0.3) is 0 Å². The fourth-order valence-corrected chi connectivity index (χ4v) is 3.64. The van der Waals surface area contributed by atoms with Gasteiger partial charge < -0.3 is 4.74 Å². The number of hydrogen-bond acceptors (Lipinski definition) is 1. The zero-order valence-electron chi connectivity index (χ0n) is 9.77. The molecule has 1 fully saturated rings. The Morgan fingerprint density at radius 2 is 1.94 bits per heavy atom. The van der Waals surface area contributed by atoms with Crippen LogP contribution in [0.5, 0.6) is 5.75 Å². The van der Waals surface area contributed by atoms with Gasteiger partial charge in [0, 0.05) is 20.9 Å². The Bertz CT molecular complexity index is 395. The minimum absolute atomic E-state index is 0.00293. The van der Waals surface area contributed by atoms with Crippen LogP contribution in [0.1, 0.15) is 25.7 Å². The van der Waals surface area contributed by atoms with Gasteiger partial charge >= 0.3 is 0 Å². The Hall–Kier alpha value is 0.0900. The highest BCUT2D eigenvalue weighted by atomic mass is 127. The van der Waals surface area contributed by atoms with Crippen LogP contribution in [0.15, 0.2) is 22.7 Å². The van der Waals surface area contributed by atoms with E-state index in [4.69, 9.17) is 4.74 Å². The van der Waals surface area contributed by atoms with Gasteiger partial charge in [-0.2, -0.15) is 0 Å². The first kappa shape index (κ1) is 14.5. The molecule has 1 aliphatic carbocycles. The van der Waals surface area contributed by atoms with Gasteiger partial charge in [0.25, 0.3) is 0 Å². The van der Waals surface area contributed by atoms with Crippen molar-refractivity contribution in [1.29, 1.82) is 0 Å². The molecule has 18 heavy (non-hydrogen) atoms. The molecule has 0 bridgehead atoms. The van der Waals surface area contributed by atoms with Crippen molar-refractivity contribution in [3.63, 3.8) is 0 Å². The highest BCUT2D eigenvalue weighted by molar-refractivity contribution is 14.1. The number of alkyl halides is 2. The second-order valence-corrected chi connectivity index (χ2v) is 6.88. The van der Waals surface area contributed by atoms with Gasteiger partial charge in [0.1, 0.15) is 5.75 Å². The van der Waals surface area contributed by atoms with E-state index in [1.54, 1.807) is 0 Å². The van der Waals surface area contributed by atoms with Crippen LogP contribution < -0.4 is 4.74 Å². The standard InChI is InChI=1S/C13H14BrF2IO/c14-10-5-11(17)7-12(6-10)18-8-9-1-3-13(15,16)4-2-9/h5-7,9H,1-4,8H2. The molecule has 1 nitrogen and oxygen atoms in total. The van der Waals surface area contributed by atoms with E-state index in [1.165, 1.54) is 0 Å². The molecule has 0 saturated heterocycles. The second kappa shape index (κ2) is 6.03. The monoisotopic (exact) mass is 430 g/mol. The van der Waals surface area contributed by atoms with Crippen LogP contribution in [-0.4, -0.2) is 12.5 Å². The molecule has 0 amide bonds. The Labute approximate surface area is 128 Å². The molecular weight excluding hydrogens is 417 g/mol. The first-order valence-corrected chi connectivity index (χ1v) is 7.78. The smallest absolute Gasteiger partial charge is 0.248 e. The SMILES string of the molecule is FC1(F)CCC(COc2cc(Br)cc(I)c2)CC1. The molecule has 2 rings (SSSR count). The minimum Gasteiger partial charge on any atom is -0.493 e. The summed E-state index contributed by atoms with van der Waals surface area (Å²) in [4.78, 5) is 0. The summed E-state index contributed by atoms with van der Waals surface area (Å²) in [5.74, 6) is -1.41. The van der Waals surface area contributed by atoms with Crippen molar-refractivity contribution in [3.05, 3.63) is 26.2 Å². The predicted octanol–water partition coefficient (Wildman–Crippen LogP) is 5.26. The molecule has 0 radical (unpaired) electrons. The molecule has 1 saturated carbocycles. The lowest BCUT2D eigenvalue weighted by Gasteiger charge is -2.28. The molecule has 1 aromatic rings. The maximum absolute atomic E-state index is 13.0. The van der Waals surface area contributed by atoms with E-state index in [0.29, 0.717) is 19.4 Å². The van der Waals surface area contributed by atoms with E-state index >= 15 is 0 Å². The molecule has 0 N–H and O–H groups in total. The van der Waals surface area contributed by atoms with Crippen molar-refractivity contribution in [3.8, 4) is 5.75 Å². The van der Waals surface area contributed by atoms with Crippen LogP contribution >= 0.6 is 38.5 Å². The van der Waals surface area contributed by atoms with E-state index in [1.807, 2.05) is 18.2 Å². The molecule has 100 valence electrons. The summed E-state index contributed by atoms with van der Waals surface area (Å²) in [5, 5.41) is 0. The topological polar surface area (TPSA) is 9.23 Å². The predicted molar refractivity (Wildman–Crippen MR) is 79.3 cm³/mol. The third-order valence-electron chi connectivity index (χ3n) is 3.16. The Morgan fingerprint density at radius 1 is 1.28 bits per heavy atom. The molecule has 0 spiro atoms. The first-order chi connectivity index (χ1) is 8.44. The summed E-state index contributed by atoms with van der Waals surface area (Å²) in [5.41, 5.74) is 0. The number of halogens is 4. The lowest BCUT2D eigenvalue weighted by atomic mass is 9.87. The maximum atomic E-state index is 13.0. The summed E-state index contributed by atoms with van der Waals surface area (Å²) in [7, 11) is 0. The average molecular weight is 431 g/mol. The fraction of sp³-hybridized carbons (Fsp3) is 0.538. The quantitative estimate of drug-likeness (QED) is 0.594. The largest absolute Gasteiger partial charge is 0.493 e. The van der Waals surface area contributed by atoms with Gasteiger partial charge in [-0.1, -0.05) is 15.9 Å². The number of ether oxygens (including phenoxy) is 1. The maximum Gasteiger partial charge on any atom is 0.248 e. The van der Waals surface area contributed by atoms with Gasteiger partial charge in [0.15, 0.2) is 0 Å². The van der Waals surface area contributed by atoms with Crippen molar-refractivity contribution >= 4 is 38.5 Å². The van der Waals surface area contributed by atoms with E-state index < -0.39 is 5.92 Å². The molecule has 0 aliphatic heterocycles. The highest BCUT2D eigenvalue weighted by Gasteiger charge is 2.34. The molecule has 1 aliphatic rings. The molecule has 0 atom stereocenters. The van der Waals surface area contributed by atoms with Crippen molar-refractivity contribution in [2.75, 3.05) is 6.61 Å². The zero-order valence-corrected chi connectivity index (χ0v) is 13.5. The van der Waals surface area contributed by atoms with Crippen LogP contribution in [0.4, 0.5) is 8.78 Å². The lowest BCUT2D eigenvalue weighted by molar-refractivity contribution is -0.0498. The summed E-state index contributed by atoms with van der Waals surface area (Å²) in [6.07, 6.45) is 1.10. The highest BCUT2D eigenvalue weighted by Crippen LogP contribution is 2.36. The first-order valence-electron chi connectivity index (χ1n) is 5.91. The summed E-state index contributed by atoms with van der Waals surface area (Å²) >= 11 is 5.63. The molecule has 5 heteroatoms. The van der Waals surface area contributed by atoms with Crippen LogP contribution in [-0.2, 0) is 0 Å². The molecular formula is C13H14BrF2IO. The van der Waals surface area contributed by atoms with Gasteiger partial charge in [0.05, 0.1) is 6.61 Å². The molecule has 1 aromatic carbocycles. The van der Waals surface area contributed by atoms with E-state index in [-0.39, 0.29) is 18.8 Å². The number of benzene rings is 1. The van der Waals surface area contributed by atoms with Crippen LogP contribution in [0.2, 0.25) is 0 Å². The van der Waals surface area contributed by atoms with Crippen molar-refractivity contribution < 1.29 is 13.5 Å². The third kappa shape index (κ3) is 4.33. The van der Waals surface area contributed by atoms with Gasteiger partial charge in [-0.3, -0.25) is 0 Å². The molecule has 0 heterocycles. The average Bonchev–Trinajstić information content (AvgIpc) is 2.26. The second-order valence-electron chi connectivity index (χ2n) is 4.72. The normalized spacial score (nSPS) is 19.8. The lowest BCUT2D eigenvalue weighted by Crippen LogP contribution is -2.27. The van der Waals surface area contributed by atoms with Crippen molar-refractivity contribution in [2.24, 2.45) is 5.92 Å². The van der Waals surface area contributed by atoms with Crippen LogP contribution in [0.3, 0.4) is 0 Å². The van der Waals surface area contributed by atoms with E-state index in [9.17, 15) is 8.78 Å². The summed E-state index contributed by atoms with van der Waals surface area (Å²) in [6.45, 7) is 0.530. The van der Waals surface area contributed by atoms with Gasteiger partial charge in [-0.15, -0.1) is 0 Å². The fourth-order valence-electron chi connectivity index (χ4n) is 2.09. The Balaban J connectivity index is 1.85.